The van der Waals surface area contributed by atoms with Gasteiger partial charge in [-0.1, -0.05) is 44.9 Å². The maximum Gasteiger partial charge on any atom is 0.333 e. The van der Waals surface area contributed by atoms with Crippen LogP contribution in [0.2, 0.25) is 0 Å². The molecule has 1 aliphatic rings. The molecule has 0 aliphatic heterocycles. The standard InChI is InChI=1S/C31H44N2O5/c1-4-8-24(9-5-2)22-33(31(36)32-27-15-14-25-10-7-11-26(25)21-27)18-19-38-28-16-12-23(13-17-28)20-29(30(34)35)37-6-3/h12-17,21,24,29H,4-11,18-20,22H2,1-3H3,(H,32,36)(H,34,35). The maximum atomic E-state index is 13.4. The van der Waals surface area contributed by atoms with Crippen molar-refractivity contribution in [3.8, 4) is 5.75 Å². The molecular weight excluding hydrogens is 480 g/mol. The van der Waals surface area contributed by atoms with E-state index in [0.717, 1.165) is 49.8 Å². The Bertz CT molecular complexity index is 1020. The van der Waals surface area contributed by atoms with Crippen LogP contribution in [-0.2, 0) is 28.8 Å². The molecule has 0 saturated heterocycles. The largest absolute Gasteiger partial charge is 0.492 e. The van der Waals surface area contributed by atoms with Crippen LogP contribution in [0.5, 0.6) is 5.75 Å². The summed E-state index contributed by atoms with van der Waals surface area (Å²) in [4.78, 5) is 26.6. The predicted octanol–water partition coefficient (Wildman–Crippen LogP) is 6.34. The Labute approximate surface area is 227 Å². The Kier molecular flexibility index (Phi) is 11.9. The van der Waals surface area contributed by atoms with Crippen LogP contribution >= 0.6 is 0 Å². The monoisotopic (exact) mass is 524 g/mol. The number of hydrogen-bond donors (Lipinski definition) is 2. The molecule has 0 aromatic heterocycles. The number of nitrogens with zero attached hydrogens (tertiary/aromatic N) is 1. The van der Waals surface area contributed by atoms with E-state index in [2.05, 4.69) is 31.3 Å². The molecule has 2 aromatic carbocycles. The van der Waals surface area contributed by atoms with Crippen molar-refractivity contribution in [2.24, 2.45) is 5.92 Å². The molecule has 0 heterocycles. The lowest BCUT2D eigenvalue weighted by molar-refractivity contribution is -0.149. The van der Waals surface area contributed by atoms with Crippen molar-refractivity contribution in [3.05, 3.63) is 59.2 Å². The highest BCUT2D eigenvalue weighted by Crippen LogP contribution is 2.25. The number of ether oxygens (including phenoxy) is 2. The Morgan fingerprint density at radius 2 is 1.71 bits per heavy atom. The molecule has 38 heavy (non-hydrogen) atoms. The zero-order valence-corrected chi connectivity index (χ0v) is 23.2. The summed E-state index contributed by atoms with van der Waals surface area (Å²) in [5.41, 5.74) is 4.45. The second-order valence-electron chi connectivity index (χ2n) is 10.1. The van der Waals surface area contributed by atoms with Crippen LogP contribution in [0.3, 0.4) is 0 Å². The zero-order valence-electron chi connectivity index (χ0n) is 23.2. The van der Waals surface area contributed by atoms with Crippen molar-refractivity contribution in [2.75, 3.05) is 31.6 Å². The first-order chi connectivity index (χ1) is 18.4. The summed E-state index contributed by atoms with van der Waals surface area (Å²) in [6, 6.07) is 13.6. The van der Waals surface area contributed by atoms with Gasteiger partial charge in [0.15, 0.2) is 6.10 Å². The molecule has 208 valence electrons. The number of rotatable bonds is 16. The minimum absolute atomic E-state index is 0.0882. The molecule has 2 amide bonds. The van der Waals surface area contributed by atoms with Gasteiger partial charge >= 0.3 is 12.0 Å². The van der Waals surface area contributed by atoms with Gasteiger partial charge in [-0.3, -0.25) is 0 Å². The molecule has 3 rings (SSSR count). The van der Waals surface area contributed by atoms with E-state index in [1.807, 2.05) is 35.2 Å². The fourth-order valence-electron chi connectivity index (χ4n) is 5.21. The number of benzene rings is 2. The minimum Gasteiger partial charge on any atom is -0.492 e. The third-order valence-corrected chi connectivity index (χ3v) is 7.13. The molecule has 2 aromatic rings. The van der Waals surface area contributed by atoms with Gasteiger partial charge in [-0.2, -0.15) is 0 Å². The Balaban J connectivity index is 1.60. The van der Waals surface area contributed by atoms with Crippen molar-refractivity contribution in [1.29, 1.82) is 0 Å². The Hall–Kier alpha value is -3.06. The van der Waals surface area contributed by atoms with Crippen molar-refractivity contribution >= 4 is 17.7 Å². The smallest absolute Gasteiger partial charge is 0.333 e. The molecule has 1 atom stereocenters. The summed E-state index contributed by atoms with van der Waals surface area (Å²) in [6.07, 6.45) is 7.21. The lowest BCUT2D eigenvalue weighted by atomic mass is 9.98. The summed E-state index contributed by atoms with van der Waals surface area (Å²) in [5, 5.41) is 12.4. The van der Waals surface area contributed by atoms with Crippen molar-refractivity contribution < 1.29 is 24.2 Å². The van der Waals surface area contributed by atoms with Crippen LogP contribution in [0.25, 0.3) is 0 Å². The molecule has 0 saturated carbocycles. The third kappa shape index (κ3) is 9.05. The van der Waals surface area contributed by atoms with Gasteiger partial charge in [-0.25, -0.2) is 9.59 Å². The SMILES string of the molecule is CCCC(CCC)CN(CCOc1ccc(CC(OCC)C(=O)O)cc1)C(=O)Nc1ccc2c(c1)CCC2. The predicted molar refractivity (Wildman–Crippen MR) is 151 cm³/mol. The summed E-state index contributed by atoms with van der Waals surface area (Å²) in [7, 11) is 0. The minimum atomic E-state index is -0.963. The summed E-state index contributed by atoms with van der Waals surface area (Å²) < 4.78 is 11.3. The number of carbonyl (C=O) groups excluding carboxylic acids is 1. The number of carboxylic acid groups (broad SMARTS) is 1. The topological polar surface area (TPSA) is 88.1 Å². The van der Waals surface area contributed by atoms with Gasteiger partial charge in [0, 0.05) is 25.3 Å². The van der Waals surface area contributed by atoms with Crippen LogP contribution < -0.4 is 10.1 Å². The van der Waals surface area contributed by atoms with Gasteiger partial charge in [0.05, 0.1) is 6.54 Å². The van der Waals surface area contributed by atoms with E-state index in [1.165, 1.54) is 17.5 Å². The first-order valence-corrected chi connectivity index (χ1v) is 14.2. The van der Waals surface area contributed by atoms with Crippen molar-refractivity contribution in [1.82, 2.24) is 4.90 Å². The highest BCUT2D eigenvalue weighted by molar-refractivity contribution is 5.89. The number of carboxylic acids is 1. The number of carbonyl (C=O) groups is 2. The van der Waals surface area contributed by atoms with Crippen LogP contribution in [0.1, 0.15) is 69.6 Å². The van der Waals surface area contributed by atoms with E-state index in [4.69, 9.17) is 9.47 Å². The van der Waals surface area contributed by atoms with Crippen LogP contribution in [0.4, 0.5) is 10.5 Å². The molecule has 2 N–H and O–H groups in total. The average molecular weight is 525 g/mol. The lowest BCUT2D eigenvalue weighted by Gasteiger charge is -2.28. The van der Waals surface area contributed by atoms with Gasteiger partial charge in [0.2, 0.25) is 0 Å². The van der Waals surface area contributed by atoms with E-state index >= 15 is 0 Å². The summed E-state index contributed by atoms with van der Waals surface area (Å²) in [6.45, 7) is 8.08. The fourth-order valence-corrected chi connectivity index (χ4v) is 5.21. The van der Waals surface area contributed by atoms with Gasteiger partial charge in [-0.05, 0) is 85.9 Å². The first-order valence-electron chi connectivity index (χ1n) is 14.2. The highest BCUT2D eigenvalue weighted by Gasteiger charge is 2.20. The number of urea groups is 1. The van der Waals surface area contributed by atoms with Gasteiger partial charge < -0.3 is 24.8 Å². The molecule has 7 heteroatoms. The molecule has 7 nitrogen and oxygen atoms in total. The van der Waals surface area contributed by atoms with E-state index < -0.39 is 12.1 Å². The number of hydrogen-bond acceptors (Lipinski definition) is 4. The zero-order chi connectivity index (χ0) is 27.3. The van der Waals surface area contributed by atoms with E-state index in [9.17, 15) is 14.7 Å². The number of anilines is 1. The Morgan fingerprint density at radius 1 is 1.00 bits per heavy atom. The second-order valence-corrected chi connectivity index (χ2v) is 10.1. The van der Waals surface area contributed by atoms with Crippen LogP contribution in [0.15, 0.2) is 42.5 Å². The van der Waals surface area contributed by atoms with Gasteiger partial charge in [0.1, 0.15) is 12.4 Å². The molecule has 0 bridgehead atoms. The van der Waals surface area contributed by atoms with Crippen molar-refractivity contribution in [2.45, 2.75) is 78.2 Å². The highest BCUT2D eigenvalue weighted by atomic mass is 16.5. The summed E-state index contributed by atoms with van der Waals surface area (Å²) >= 11 is 0. The fraction of sp³-hybridized carbons (Fsp3) is 0.548. The van der Waals surface area contributed by atoms with Crippen LogP contribution in [-0.4, -0.2) is 54.4 Å². The third-order valence-electron chi connectivity index (χ3n) is 7.13. The normalized spacial score (nSPS) is 13.3. The molecule has 0 radical (unpaired) electrons. The molecule has 0 fully saturated rings. The summed E-state index contributed by atoms with van der Waals surface area (Å²) in [5.74, 6) is 0.187. The number of amides is 2. The maximum absolute atomic E-state index is 13.4. The van der Waals surface area contributed by atoms with Crippen LogP contribution in [0, 0.1) is 5.92 Å². The van der Waals surface area contributed by atoms with E-state index in [0.29, 0.717) is 44.4 Å². The molecular formula is C31H44N2O5. The van der Waals surface area contributed by atoms with Gasteiger partial charge in [-0.15, -0.1) is 0 Å². The number of nitrogens with one attached hydrogen (secondary N) is 1. The van der Waals surface area contributed by atoms with Gasteiger partial charge in [0.25, 0.3) is 0 Å². The number of aliphatic carboxylic acids is 1. The first kappa shape index (κ1) is 29.5. The number of fused-ring (bicyclic) bond motifs is 1. The Morgan fingerprint density at radius 3 is 2.37 bits per heavy atom. The lowest BCUT2D eigenvalue weighted by Crippen LogP contribution is -2.41. The molecule has 1 unspecified atom stereocenters. The average Bonchev–Trinajstić information content (AvgIpc) is 3.37. The van der Waals surface area contributed by atoms with Crippen molar-refractivity contribution in [3.63, 3.8) is 0 Å². The molecule has 0 spiro atoms. The number of aryl methyl sites for hydroxylation is 2. The van der Waals surface area contributed by atoms with E-state index in [-0.39, 0.29) is 6.03 Å². The molecule has 1 aliphatic carbocycles. The van der Waals surface area contributed by atoms with E-state index in [1.54, 1.807) is 6.92 Å². The quantitative estimate of drug-likeness (QED) is 0.268. The second kappa shape index (κ2) is 15.4.